The number of hydrogen-bond donors (Lipinski definition) is 1. The molecule has 0 saturated carbocycles. The largest absolute Gasteiger partial charge is 0.382 e. The summed E-state index contributed by atoms with van der Waals surface area (Å²) in [4.78, 5) is 2.62. The Kier molecular flexibility index (Phi) is 5.63. The Morgan fingerprint density at radius 2 is 2.00 bits per heavy atom. The van der Waals surface area contributed by atoms with Crippen molar-refractivity contribution < 1.29 is 4.74 Å². The number of rotatable bonds is 5. The van der Waals surface area contributed by atoms with Crippen molar-refractivity contribution >= 4 is 0 Å². The summed E-state index contributed by atoms with van der Waals surface area (Å²) < 4.78 is 5.44. The van der Waals surface area contributed by atoms with Crippen LogP contribution in [0.3, 0.4) is 0 Å². The van der Waals surface area contributed by atoms with Crippen LogP contribution < -0.4 is 5.32 Å². The molecule has 3 nitrogen and oxygen atoms in total. The molecule has 0 radical (unpaired) electrons. The van der Waals surface area contributed by atoms with Crippen LogP contribution in [0.4, 0.5) is 0 Å². The fraction of sp³-hybridized carbons (Fsp3) is 1.00. The predicted molar refractivity (Wildman–Crippen MR) is 78.0 cm³/mol. The number of ether oxygens (including phenoxy) is 1. The van der Waals surface area contributed by atoms with Gasteiger partial charge in [0.25, 0.3) is 0 Å². The van der Waals surface area contributed by atoms with E-state index < -0.39 is 0 Å². The molecule has 1 unspecified atom stereocenters. The van der Waals surface area contributed by atoms with Gasteiger partial charge in [-0.2, -0.15) is 0 Å². The lowest BCUT2D eigenvalue weighted by atomic mass is 9.83. The van der Waals surface area contributed by atoms with Gasteiger partial charge in [-0.25, -0.2) is 0 Å². The van der Waals surface area contributed by atoms with E-state index in [2.05, 4.69) is 51.8 Å². The molecule has 0 aromatic carbocycles. The van der Waals surface area contributed by atoms with Gasteiger partial charge in [0.05, 0.1) is 0 Å². The fourth-order valence-corrected chi connectivity index (χ4v) is 2.49. The number of nitrogens with one attached hydrogen (secondary N) is 1. The van der Waals surface area contributed by atoms with Crippen molar-refractivity contribution in [2.45, 2.75) is 59.5 Å². The third kappa shape index (κ3) is 4.52. The van der Waals surface area contributed by atoms with Crippen molar-refractivity contribution in [3.63, 3.8) is 0 Å². The lowest BCUT2D eigenvalue weighted by Gasteiger charge is -2.49. The molecule has 1 atom stereocenters. The highest BCUT2D eigenvalue weighted by atomic mass is 16.5. The molecule has 1 rings (SSSR count). The van der Waals surface area contributed by atoms with Gasteiger partial charge in [-0.05, 0) is 32.6 Å². The molecule has 0 aromatic rings. The minimum atomic E-state index is 0.258. The number of piperazine rings is 1. The first-order valence-electron chi connectivity index (χ1n) is 7.33. The highest BCUT2D eigenvalue weighted by Crippen LogP contribution is 2.27. The highest BCUT2D eigenvalue weighted by Gasteiger charge is 2.37. The minimum Gasteiger partial charge on any atom is -0.382 e. The van der Waals surface area contributed by atoms with Crippen molar-refractivity contribution in [3.05, 3.63) is 0 Å². The second kappa shape index (κ2) is 6.36. The molecule has 1 N–H and O–H groups in total. The molecular weight excluding hydrogens is 224 g/mol. The first-order valence-corrected chi connectivity index (χ1v) is 7.33. The molecule has 0 bridgehead atoms. The summed E-state index contributed by atoms with van der Waals surface area (Å²) in [5, 5.41) is 3.71. The lowest BCUT2D eigenvalue weighted by Crippen LogP contribution is -2.64. The molecule has 0 aromatic heterocycles. The van der Waals surface area contributed by atoms with Crippen molar-refractivity contribution in [2.24, 2.45) is 5.41 Å². The summed E-state index contributed by atoms with van der Waals surface area (Å²) in [7, 11) is 0. The molecule has 108 valence electrons. The summed E-state index contributed by atoms with van der Waals surface area (Å²) >= 11 is 0. The van der Waals surface area contributed by atoms with Gasteiger partial charge in [0.1, 0.15) is 0 Å². The van der Waals surface area contributed by atoms with Crippen molar-refractivity contribution in [2.75, 3.05) is 32.8 Å². The average molecular weight is 256 g/mol. The van der Waals surface area contributed by atoms with Crippen LogP contribution >= 0.6 is 0 Å². The second-order valence-electron chi connectivity index (χ2n) is 7.11. The van der Waals surface area contributed by atoms with Gasteiger partial charge in [0, 0.05) is 44.4 Å². The molecule has 0 aliphatic carbocycles. The molecule has 3 heteroatoms. The summed E-state index contributed by atoms with van der Waals surface area (Å²) in [5.74, 6) is 0. The van der Waals surface area contributed by atoms with Crippen LogP contribution in [-0.2, 0) is 4.74 Å². The maximum atomic E-state index is 5.44. The van der Waals surface area contributed by atoms with Gasteiger partial charge in [-0.15, -0.1) is 0 Å². The molecule has 0 spiro atoms. The van der Waals surface area contributed by atoms with E-state index in [1.165, 1.54) is 0 Å². The summed E-state index contributed by atoms with van der Waals surface area (Å²) in [6.07, 6.45) is 1.13. The molecule has 18 heavy (non-hydrogen) atoms. The maximum Gasteiger partial charge on any atom is 0.0478 e. The smallest absolute Gasteiger partial charge is 0.0478 e. The van der Waals surface area contributed by atoms with Gasteiger partial charge in [-0.3, -0.25) is 4.90 Å². The Labute approximate surface area is 113 Å². The topological polar surface area (TPSA) is 24.5 Å². The van der Waals surface area contributed by atoms with Gasteiger partial charge in [-0.1, -0.05) is 20.8 Å². The summed E-state index contributed by atoms with van der Waals surface area (Å²) in [6, 6.07) is 0.581. The summed E-state index contributed by atoms with van der Waals surface area (Å²) in [5.41, 5.74) is 0.586. The van der Waals surface area contributed by atoms with E-state index in [0.717, 1.165) is 39.3 Å². The molecule has 1 heterocycles. The molecule has 1 fully saturated rings. The molecular formula is C15H32N2O. The zero-order valence-corrected chi connectivity index (χ0v) is 13.2. The van der Waals surface area contributed by atoms with E-state index >= 15 is 0 Å². The van der Waals surface area contributed by atoms with Crippen LogP contribution in [0.15, 0.2) is 0 Å². The van der Waals surface area contributed by atoms with Gasteiger partial charge >= 0.3 is 0 Å². The van der Waals surface area contributed by atoms with E-state index in [1.807, 2.05) is 0 Å². The Morgan fingerprint density at radius 3 is 2.56 bits per heavy atom. The highest BCUT2D eigenvalue weighted by molar-refractivity contribution is 4.96. The van der Waals surface area contributed by atoms with E-state index in [0.29, 0.717) is 11.5 Å². The normalized spacial score (nSPS) is 25.3. The number of hydrogen-bond acceptors (Lipinski definition) is 3. The van der Waals surface area contributed by atoms with Crippen LogP contribution in [0.25, 0.3) is 0 Å². The van der Waals surface area contributed by atoms with E-state index in [1.54, 1.807) is 0 Å². The average Bonchev–Trinajstić information content (AvgIpc) is 2.24. The zero-order chi connectivity index (χ0) is 13.8. The first kappa shape index (κ1) is 15.9. The Balaban J connectivity index is 2.50. The van der Waals surface area contributed by atoms with Crippen LogP contribution in [0, 0.1) is 5.41 Å². The van der Waals surface area contributed by atoms with Gasteiger partial charge < -0.3 is 10.1 Å². The minimum absolute atomic E-state index is 0.258. The van der Waals surface area contributed by atoms with E-state index in [-0.39, 0.29) is 5.54 Å². The van der Waals surface area contributed by atoms with Crippen LogP contribution in [-0.4, -0.2) is 49.3 Å². The Morgan fingerprint density at radius 1 is 1.33 bits per heavy atom. The molecule has 1 saturated heterocycles. The van der Waals surface area contributed by atoms with Gasteiger partial charge in [0.2, 0.25) is 0 Å². The second-order valence-corrected chi connectivity index (χ2v) is 7.11. The standard InChI is InChI=1S/C15H32N2O/c1-7-18-10-8-9-17-11-13(14(2,3)4)16-12-15(17,5)6/h13,16H,7-12H2,1-6H3. The predicted octanol–water partition coefficient (Wildman–Crippen LogP) is 2.51. The first-order chi connectivity index (χ1) is 8.27. The van der Waals surface area contributed by atoms with Crippen molar-refractivity contribution in [1.82, 2.24) is 10.2 Å². The fourth-order valence-electron chi connectivity index (χ4n) is 2.49. The number of nitrogens with zero attached hydrogens (tertiary/aromatic N) is 1. The monoisotopic (exact) mass is 256 g/mol. The molecule has 0 amide bonds. The maximum absolute atomic E-state index is 5.44. The molecule has 1 aliphatic rings. The third-order valence-electron chi connectivity index (χ3n) is 4.01. The summed E-state index contributed by atoms with van der Waals surface area (Å²) in [6.45, 7) is 18.8. The quantitative estimate of drug-likeness (QED) is 0.765. The SMILES string of the molecule is CCOCCCN1CC(C(C)(C)C)NCC1(C)C. The van der Waals surface area contributed by atoms with Crippen LogP contribution in [0.5, 0.6) is 0 Å². The van der Waals surface area contributed by atoms with E-state index in [9.17, 15) is 0 Å². The van der Waals surface area contributed by atoms with Crippen LogP contribution in [0.1, 0.15) is 48.0 Å². The van der Waals surface area contributed by atoms with Crippen molar-refractivity contribution in [3.8, 4) is 0 Å². The third-order valence-corrected chi connectivity index (χ3v) is 4.01. The Bertz CT molecular complexity index is 245. The van der Waals surface area contributed by atoms with Crippen molar-refractivity contribution in [1.29, 1.82) is 0 Å². The van der Waals surface area contributed by atoms with Gasteiger partial charge in [0.15, 0.2) is 0 Å². The Hall–Kier alpha value is -0.120. The molecule has 1 aliphatic heterocycles. The van der Waals surface area contributed by atoms with E-state index in [4.69, 9.17) is 4.74 Å². The zero-order valence-electron chi connectivity index (χ0n) is 13.2. The lowest BCUT2D eigenvalue weighted by molar-refractivity contribution is 0.0274. The van der Waals surface area contributed by atoms with Crippen LogP contribution in [0.2, 0.25) is 0 Å².